The van der Waals surface area contributed by atoms with Gasteiger partial charge in [0.15, 0.2) is 5.82 Å². The van der Waals surface area contributed by atoms with Crippen LogP contribution in [0, 0.1) is 5.92 Å². The van der Waals surface area contributed by atoms with Crippen LogP contribution in [0.3, 0.4) is 0 Å². The summed E-state index contributed by atoms with van der Waals surface area (Å²) >= 11 is 0. The first-order chi connectivity index (χ1) is 10.8. The molecule has 0 aliphatic heterocycles. The van der Waals surface area contributed by atoms with E-state index in [-0.39, 0.29) is 11.4 Å². The monoisotopic (exact) mass is 319 g/mol. The van der Waals surface area contributed by atoms with Crippen LogP contribution in [0.2, 0.25) is 0 Å². The molecule has 2 rings (SSSR count). The van der Waals surface area contributed by atoms with E-state index in [1.54, 1.807) is 12.3 Å². The number of imidazole rings is 1. The number of nitrogens with one attached hydrogen (secondary N) is 2. The third-order valence-electron chi connectivity index (χ3n) is 3.26. The highest BCUT2D eigenvalue weighted by Crippen LogP contribution is 2.24. The molecule has 7 nitrogen and oxygen atoms in total. The lowest BCUT2D eigenvalue weighted by Crippen LogP contribution is -2.29. The molecule has 0 radical (unpaired) electrons. The molecule has 2 N–H and O–H groups in total. The molecule has 2 heterocycles. The number of hydrogen-bond acceptors (Lipinski definition) is 4. The first kappa shape index (κ1) is 17.1. The molecule has 0 saturated heterocycles. The van der Waals surface area contributed by atoms with Gasteiger partial charge in [-0.15, -0.1) is 0 Å². The molecule has 23 heavy (non-hydrogen) atoms. The SMILES string of the molecule is CC(C)Cn1ccnc1CNC(=O)Nc1cc(C(C)(C)C)on1. The van der Waals surface area contributed by atoms with Crippen LogP contribution in [-0.4, -0.2) is 20.7 Å². The second kappa shape index (κ2) is 6.85. The minimum absolute atomic E-state index is 0.148. The second-order valence-corrected chi connectivity index (χ2v) is 7.02. The van der Waals surface area contributed by atoms with Crippen molar-refractivity contribution in [2.45, 2.75) is 53.1 Å². The molecular weight excluding hydrogens is 294 g/mol. The first-order valence-corrected chi connectivity index (χ1v) is 7.78. The van der Waals surface area contributed by atoms with Gasteiger partial charge in [-0.1, -0.05) is 39.8 Å². The third-order valence-corrected chi connectivity index (χ3v) is 3.26. The van der Waals surface area contributed by atoms with Crippen molar-refractivity contribution in [2.75, 3.05) is 5.32 Å². The third kappa shape index (κ3) is 4.84. The van der Waals surface area contributed by atoms with Gasteiger partial charge in [0.05, 0.1) is 6.54 Å². The topological polar surface area (TPSA) is 85.0 Å². The van der Waals surface area contributed by atoms with Crippen molar-refractivity contribution < 1.29 is 9.32 Å². The Morgan fingerprint density at radius 3 is 2.74 bits per heavy atom. The Labute approximate surface area is 136 Å². The largest absolute Gasteiger partial charge is 0.359 e. The lowest BCUT2D eigenvalue weighted by Gasteiger charge is -2.12. The summed E-state index contributed by atoms with van der Waals surface area (Å²) in [6.07, 6.45) is 3.66. The van der Waals surface area contributed by atoms with Crippen molar-refractivity contribution in [3.63, 3.8) is 0 Å². The van der Waals surface area contributed by atoms with Crippen molar-refractivity contribution in [1.29, 1.82) is 0 Å². The van der Waals surface area contributed by atoms with E-state index in [1.165, 1.54) is 0 Å². The second-order valence-electron chi connectivity index (χ2n) is 7.02. The Morgan fingerprint density at radius 1 is 1.39 bits per heavy atom. The van der Waals surface area contributed by atoms with Crippen LogP contribution in [-0.2, 0) is 18.5 Å². The molecule has 0 aliphatic rings. The quantitative estimate of drug-likeness (QED) is 0.886. The van der Waals surface area contributed by atoms with E-state index in [2.05, 4.69) is 34.6 Å². The van der Waals surface area contributed by atoms with Crippen LogP contribution >= 0.6 is 0 Å². The number of carbonyl (C=O) groups excluding carboxylic acids is 1. The van der Waals surface area contributed by atoms with Crippen molar-refractivity contribution in [1.82, 2.24) is 20.0 Å². The average Bonchev–Trinajstić information content (AvgIpc) is 3.04. The number of rotatable bonds is 5. The molecule has 2 aromatic heterocycles. The fourth-order valence-corrected chi connectivity index (χ4v) is 2.07. The fourth-order valence-electron chi connectivity index (χ4n) is 2.07. The van der Waals surface area contributed by atoms with Crippen LogP contribution in [0.1, 0.15) is 46.2 Å². The molecular formula is C16H25N5O2. The zero-order chi connectivity index (χ0) is 17.0. The van der Waals surface area contributed by atoms with Crippen LogP contribution in [0.15, 0.2) is 23.0 Å². The Bertz CT molecular complexity index is 651. The number of nitrogens with zero attached hydrogens (tertiary/aromatic N) is 3. The standard InChI is InChI=1S/C16H25N5O2/c1-11(2)10-21-7-6-17-14(21)9-18-15(22)19-13-8-12(23-20-13)16(3,4)5/h6-8,11H,9-10H2,1-5H3,(H2,18,19,20,22). The number of anilines is 1. The van der Waals surface area contributed by atoms with Crippen LogP contribution < -0.4 is 10.6 Å². The maximum absolute atomic E-state index is 12.0. The predicted octanol–water partition coefficient (Wildman–Crippen LogP) is 3.15. The Kier molecular flexibility index (Phi) is 5.08. The molecule has 7 heteroatoms. The molecule has 0 bridgehead atoms. The molecule has 0 fully saturated rings. The van der Waals surface area contributed by atoms with Crippen molar-refractivity contribution >= 4 is 11.8 Å². The number of carbonyl (C=O) groups is 1. The summed E-state index contributed by atoms with van der Waals surface area (Å²) < 4.78 is 7.27. The van der Waals surface area contributed by atoms with Crippen LogP contribution in [0.25, 0.3) is 0 Å². The number of urea groups is 1. The molecule has 0 saturated carbocycles. The van der Waals surface area contributed by atoms with Gasteiger partial charge in [0, 0.05) is 30.4 Å². The van der Waals surface area contributed by atoms with Gasteiger partial charge in [0.2, 0.25) is 0 Å². The first-order valence-electron chi connectivity index (χ1n) is 7.78. The molecule has 126 valence electrons. The molecule has 0 aliphatic carbocycles. The van der Waals surface area contributed by atoms with E-state index in [4.69, 9.17) is 4.52 Å². The van der Waals surface area contributed by atoms with Gasteiger partial charge in [-0.3, -0.25) is 5.32 Å². The van der Waals surface area contributed by atoms with Gasteiger partial charge in [-0.2, -0.15) is 0 Å². The molecule has 0 spiro atoms. The van der Waals surface area contributed by atoms with Crippen LogP contribution in [0.4, 0.5) is 10.6 Å². The van der Waals surface area contributed by atoms with Gasteiger partial charge in [-0.05, 0) is 5.92 Å². The van der Waals surface area contributed by atoms with Crippen molar-refractivity contribution in [3.8, 4) is 0 Å². The van der Waals surface area contributed by atoms with E-state index in [1.807, 2.05) is 31.5 Å². The van der Waals surface area contributed by atoms with E-state index in [0.717, 1.165) is 18.1 Å². The summed E-state index contributed by atoms with van der Waals surface area (Å²) in [5, 5.41) is 9.30. The highest BCUT2D eigenvalue weighted by molar-refractivity contribution is 5.88. The normalized spacial score (nSPS) is 11.7. The highest BCUT2D eigenvalue weighted by Gasteiger charge is 2.20. The smallest absolute Gasteiger partial charge is 0.320 e. The summed E-state index contributed by atoms with van der Waals surface area (Å²) in [5.41, 5.74) is -0.148. The van der Waals surface area contributed by atoms with Crippen molar-refractivity contribution in [3.05, 3.63) is 30.0 Å². The van der Waals surface area contributed by atoms with Gasteiger partial charge in [-0.25, -0.2) is 9.78 Å². The summed E-state index contributed by atoms with van der Waals surface area (Å²) in [7, 11) is 0. The van der Waals surface area contributed by atoms with E-state index in [0.29, 0.717) is 18.3 Å². The lowest BCUT2D eigenvalue weighted by atomic mass is 9.93. The summed E-state index contributed by atoms with van der Waals surface area (Å²) in [6, 6.07) is 1.40. The summed E-state index contributed by atoms with van der Waals surface area (Å²) in [5.74, 6) is 2.46. The minimum atomic E-state index is -0.335. The maximum atomic E-state index is 12.0. The van der Waals surface area contributed by atoms with Gasteiger partial charge in [0.25, 0.3) is 0 Å². The van der Waals surface area contributed by atoms with E-state index in [9.17, 15) is 4.79 Å². The summed E-state index contributed by atoms with van der Waals surface area (Å²) in [4.78, 5) is 16.2. The number of amides is 2. The zero-order valence-corrected chi connectivity index (χ0v) is 14.4. The van der Waals surface area contributed by atoms with Crippen molar-refractivity contribution in [2.24, 2.45) is 5.92 Å². The minimum Gasteiger partial charge on any atom is -0.359 e. The Morgan fingerprint density at radius 2 is 2.13 bits per heavy atom. The average molecular weight is 319 g/mol. The summed E-state index contributed by atoms with van der Waals surface area (Å²) in [6.45, 7) is 11.6. The van der Waals surface area contributed by atoms with Gasteiger partial charge in [0.1, 0.15) is 11.6 Å². The zero-order valence-electron chi connectivity index (χ0n) is 14.4. The number of aromatic nitrogens is 3. The van der Waals surface area contributed by atoms with Gasteiger partial charge >= 0.3 is 6.03 Å². The maximum Gasteiger partial charge on any atom is 0.320 e. The number of hydrogen-bond donors (Lipinski definition) is 2. The molecule has 2 amide bonds. The Balaban J connectivity index is 1.88. The van der Waals surface area contributed by atoms with E-state index < -0.39 is 0 Å². The Hall–Kier alpha value is -2.31. The van der Waals surface area contributed by atoms with E-state index >= 15 is 0 Å². The fraction of sp³-hybridized carbons (Fsp3) is 0.562. The predicted molar refractivity (Wildman–Crippen MR) is 88.1 cm³/mol. The molecule has 0 aromatic carbocycles. The molecule has 0 unspecified atom stereocenters. The highest BCUT2D eigenvalue weighted by atomic mass is 16.5. The molecule has 0 atom stereocenters. The van der Waals surface area contributed by atoms with Crippen LogP contribution in [0.5, 0.6) is 0 Å². The lowest BCUT2D eigenvalue weighted by molar-refractivity contribution is 0.251. The van der Waals surface area contributed by atoms with Gasteiger partial charge < -0.3 is 14.4 Å². The molecule has 2 aromatic rings.